The van der Waals surface area contributed by atoms with Crippen molar-refractivity contribution in [1.82, 2.24) is 0 Å². The summed E-state index contributed by atoms with van der Waals surface area (Å²) >= 11 is 0. The third kappa shape index (κ3) is 9.81. The summed E-state index contributed by atoms with van der Waals surface area (Å²) in [6, 6.07) is 0. The average Bonchev–Trinajstić information content (AvgIpc) is 2.81. The Hall–Kier alpha value is -1.95. The average molecular weight is 437 g/mol. The largest absolute Gasteiger partial charge is 0.462 e. The molecule has 0 aliphatic carbocycles. The number of ketones is 1. The molecule has 0 saturated carbocycles. The van der Waals surface area contributed by atoms with Crippen molar-refractivity contribution < 1.29 is 28.6 Å². The molecule has 0 aromatic carbocycles. The van der Waals surface area contributed by atoms with Crippen molar-refractivity contribution in [2.24, 2.45) is 5.92 Å². The molecule has 0 radical (unpaired) electrons. The Balaban J connectivity index is 2.74. The number of esters is 2. The molecule has 0 spiro atoms. The molecule has 1 aliphatic heterocycles. The zero-order valence-electron chi connectivity index (χ0n) is 20.3. The lowest BCUT2D eigenvalue weighted by Crippen LogP contribution is -2.43. The van der Waals surface area contributed by atoms with Gasteiger partial charge >= 0.3 is 11.9 Å². The Kier molecular flexibility index (Phi) is 11.2. The summed E-state index contributed by atoms with van der Waals surface area (Å²) in [7, 11) is 0. The van der Waals surface area contributed by atoms with Crippen LogP contribution in [0.2, 0.25) is 0 Å². The van der Waals surface area contributed by atoms with Crippen LogP contribution in [0.1, 0.15) is 87.0 Å². The van der Waals surface area contributed by atoms with Gasteiger partial charge in [-0.2, -0.15) is 0 Å². The van der Waals surface area contributed by atoms with Gasteiger partial charge in [-0.1, -0.05) is 18.1 Å². The van der Waals surface area contributed by atoms with Gasteiger partial charge in [0.2, 0.25) is 0 Å². The summed E-state index contributed by atoms with van der Waals surface area (Å²) in [6.45, 7) is 13.4. The summed E-state index contributed by atoms with van der Waals surface area (Å²) < 4.78 is 16.8. The predicted octanol–water partition coefficient (Wildman–Crippen LogP) is 5.10. The van der Waals surface area contributed by atoms with E-state index in [2.05, 4.69) is 0 Å². The Morgan fingerprint density at radius 1 is 1.16 bits per heavy atom. The molecule has 0 bridgehead atoms. The van der Waals surface area contributed by atoms with Crippen LogP contribution in [0.5, 0.6) is 0 Å². The molecule has 0 N–H and O–H groups in total. The maximum atomic E-state index is 12.5. The minimum absolute atomic E-state index is 0.0185. The maximum absolute atomic E-state index is 12.5. The first-order chi connectivity index (χ1) is 14.4. The monoisotopic (exact) mass is 436 g/mol. The van der Waals surface area contributed by atoms with Crippen LogP contribution in [0.3, 0.4) is 0 Å². The lowest BCUT2D eigenvalue weighted by Gasteiger charge is -2.35. The first-order valence-corrected chi connectivity index (χ1v) is 11.2. The SMILES string of the molecule is CC(=O)OCC=C1CC[C@@H](OC(C)=O)[C@](C)(CCCC(C)C(=O)CC(C)=C(C)C)OC1. The number of rotatable bonds is 10. The van der Waals surface area contributed by atoms with Crippen molar-refractivity contribution in [3.05, 3.63) is 22.8 Å². The highest BCUT2D eigenvalue weighted by Crippen LogP contribution is 2.34. The summed E-state index contributed by atoms with van der Waals surface area (Å²) in [5.41, 5.74) is 2.74. The van der Waals surface area contributed by atoms with Crippen LogP contribution in [0.15, 0.2) is 22.8 Å². The van der Waals surface area contributed by atoms with Crippen LogP contribution >= 0.6 is 0 Å². The van der Waals surface area contributed by atoms with Gasteiger partial charge in [0.15, 0.2) is 0 Å². The van der Waals surface area contributed by atoms with Gasteiger partial charge in [-0.25, -0.2) is 0 Å². The van der Waals surface area contributed by atoms with Gasteiger partial charge in [-0.15, -0.1) is 0 Å². The molecule has 1 fully saturated rings. The molecule has 1 aliphatic rings. The first kappa shape index (κ1) is 27.1. The van der Waals surface area contributed by atoms with E-state index in [-0.39, 0.29) is 36.4 Å². The van der Waals surface area contributed by atoms with E-state index in [0.717, 1.165) is 24.0 Å². The van der Waals surface area contributed by atoms with Gasteiger partial charge < -0.3 is 14.2 Å². The van der Waals surface area contributed by atoms with Crippen molar-refractivity contribution in [2.75, 3.05) is 13.2 Å². The zero-order valence-corrected chi connectivity index (χ0v) is 20.3. The number of Topliss-reactive ketones (excluding diaryl/α,β-unsaturated/α-hetero) is 1. The third-order valence-corrected chi connectivity index (χ3v) is 6.12. The van der Waals surface area contributed by atoms with Gasteiger partial charge in [0.1, 0.15) is 24.1 Å². The fourth-order valence-electron chi connectivity index (χ4n) is 3.63. The van der Waals surface area contributed by atoms with E-state index in [1.165, 1.54) is 19.4 Å². The van der Waals surface area contributed by atoms with Crippen LogP contribution in [0, 0.1) is 5.92 Å². The van der Waals surface area contributed by atoms with Crippen LogP contribution < -0.4 is 0 Å². The second kappa shape index (κ2) is 12.8. The fourth-order valence-corrected chi connectivity index (χ4v) is 3.63. The minimum atomic E-state index is -0.624. The molecule has 176 valence electrons. The van der Waals surface area contributed by atoms with Crippen LogP contribution in [0.4, 0.5) is 0 Å². The molecule has 1 saturated heterocycles. The molecule has 0 aromatic rings. The molecule has 0 amide bonds. The van der Waals surface area contributed by atoms with E-state index in [1.807, 2.05) is 40.7 Å². The summed E-state index contributed by atoms with van der Waals surface area (Å²) in [5.74, 6) is -0.404. The molecule has 31 heavy (non-hydrogen) atoms. The number of ether oxygens (including phenoxy) is 3. The Morgan fingerprint density at radius 2 is 1.84 bits per heavy atom. The van der Waals surface area contributed by atoms with E-state index < -0.39 is 5.60 Å². The van der Waals surface area contributed by atoms with E-state index in [4.69, 9.17) is 14.2 Å². The van der Waals surface area contributed by atoms with Crippen LogP contribution in [-0.4, -0.2) is 42.6 Å². The highest BCUT2D eigenvalue weighted by molar-refractivity contribution is 5.82. The topological polar surface area (TPSA) is 78.9 Å². The summed E-state index contributed by atoms with van der Waals surface area (Å²) in [5, 5.41) is 0. The number of carbonyl (C=O) groups excluding carboxylic acids is 3. The van der Waals surface area contributed by atoms with Crippen LogP contribution in [-0.2, 0) is 28.6 Å². The standard InChI is InChI=1S/C25H40O6/c1-17(2)19(4)15-23(28)18(3)9-8-13-25(7)24(31-21(6)27)11-10-22(16-30-25)12-14-29-20(5)26/h12,18,24H,8-11,13-16H2,1-7H3/t18?,24-,25+/m1/s1. The first-order valence-electron chi connectivity index (χ1n) is 11.2. The normalized spacial score (nSPS) is 23.6. The van der Waals surface area contributed by atoms with Crippen LogP contribution in [0.25, 0.3) is 0 Å². The highest BCUT2D eigenvalue weighted by Gasteiger charge is 2.39. The van der Waals surface area contributed by atoms with Gasteiger partial charge in [0, 0.05) is 26.2 Å². The van der Waals surface area contributed by atoms with Crippen molar-refractivity contribution in [3.8, 4) is 0 Å². The van der Waals surface area contributed by atoms with Crippen molar-refractivity contribution in [1.29, 1.82) is 0 Å². The highest BCUT2D eigenvalue weighted by atomic mass is 16.6. The molecule has 1 heterocycles. The molecule has 6 heteroatoms. The molecular weight excluding hydrogens is 396 g/mol. The van der Waals surface area contributed by atoms with Crippen molar-refractivity contribution in [3.63, 3.8) is 0 Å². The lowest BCUT2D eigenvalue weighted by molar-refractivity contribution is -0.167. The van der Waals surface area contributed by atoms with E-state index in [0.29, 0.717) is 32.3 Å². The molecule has 1 rings (SSSR count). The smallest absolute Gasteiger partial charge is 0.303 e. The van der Waals surface area contributed by atoms with E-state index >= 15 is 0 Å². The second-order valence-electron chi connectivity index (χ2n) is 9.12. The van der Waals surface area contributed by atoms with Gasteiger partial charge in [0.05, 0.1) is 6.61 Å². The molecule has 0 aromatic heterocycles. The van der Waals surface area contributed by atoms with E-state index in [9.17, 15) is 14.4 Å². The Bertz CT molecular complexity index is 701. The molecular formula is C25H40O6. The van der Waals surface area contributed by atoms with Crippen molar-refractivity contribution >= 4 is 17.7 Å². The quantitative estimate of drug-likeness (QED) is 0.350. The summed E-state index contributed by atoms with van der Waals surface area (Å²) in [4.78, 5) is 35.1. The van der Waals surface area contributed by atoms with E-state index in [1.54, 1.807) is 0 Å². The number of hydrogen-bond donors (Lipinski definition) is 0. The lowest BCUT2D eigenvalue weighted by atomic mass is 9.86. The Morgan fingerprint density at radius 3 is 2.42 bits per heavy atom. The molecule has 3 atom stereocenters. The fraction of sp³-hybridized carbons (Fsp3) is 0.720. The molecule has 6 nitrogen and oxygen atoms in total. The van der Waals surface area contributed by atoms with Gasteiger partial charge in [-0.3, -0.25) is 14.4 Å². The predicted molar refractivity (Wildman–Crippen MR) is 121 cm³/mol. The number of allylic oxidation sites excluding steroid dienone is 2. The molecule has 1 unspecified atom stereocenters. The number of hydrogen-bond acceptors (Lipinski definition) is 6. The zero-order chi connectivity index (χ0) is 23.6. The second-order valence-corrected chi connectivity index (χ2v) is 9.12. The maximum Gasteiger partial charge on any atom is 0.303 e. The Labute approximate surface area is 187 Å². The van der Waals surface area contributed by atoms with Crippen molar-refractivity contribution in [2.45, 2.75) is 98.7 Å². The van der Waals surface area contributed by atoms with Gasteiger partial charge in [0.25, 0.3) is 0 Å². The third-order valence-electron chi connectivity index (χ3n) is 6.12. The summed E-state index contributed by atoms with van der Waals surface area (Å²) in [6.07, 6.45) is 5.65. The number of carbonyl (C=O) groups is 3. The minimum Gasteiger partial charge on any atom is -0.462 e. The van der Waals surface area contributed by atoms with Gasteiger partial charge in [-0.05, 0) is 71.4 Å².